The fourth-order valence-corrected chi connectivity index (χ4v) is 3.56. The number of para-hydroxylation sites is 1. The second-order valence-corrected chi connectivity index (χ2v) is 6.33. The van der Waals surface area contributed by atoms with E-state index in [1.807, 2.05) is 47.0 Å². The molecule has 1 amide bonds. The minimum Gasteiger partial charge on any atom is -0.466 e. The van der Waals surface area contributed by atoms with Gasteiger partial charge in [-0.25, -0.2) is 0 Å². The first kappa shape index (κ1) is 16.6. The van der Waals surface area contributed by atoms with Crippen LogP contribution in [0.15, 0.2) is 30.5 Å². The molecule has 1 aliphatic heterocycles. The number of hydrogen-bond donors (Lipinski definition) is 0. The van der Waals surface area contributed by atoms with Gasteiger partial charge in [-0.2, -0.15) is 0 Å². The van der Waals surface area contributed by atoms with E-state index in [0.717, 1.165) is 30.2 Å². The van der Waals surface area contributed by atoms with Crippen molar-refractivity contribution in [1.82, 2.24) is 9.47 Å². The number of amides is 1. The van der Waals surface area contributed by atoms with Crippen molar-refractivity contribution in [3.8, 4) is 0 Å². The van der Waals surface area contributed by atoms with Crippen LogP contribution in [0.5, 0.6) is 0 Å². The quantitative estimate of drug-likeness (QED) is 0.810. The van der Waals surface area contributed by atoms with Gasteiger partial charge in [-0.05, 0) is 32.3 Å². The molecule has 1 aliphatic rings. The standard InChI is InChI=1S/C19H24N2O3/c1-3-24-18(22)12-14-8-6-7-11-21(14)19(23)16-13-20(2)17-10-5-4-9-15(16)17/h4-5,9-10,13-14H,3,6-8,11-12H2,1-2H3. The second kappa shape index (κ2) is 7.07. The highest BCUT2D eigenvalue weighted by atomic mass is 16.5. The van der Waals surface area contributed by atoms with Crippen LogP contribution in [-0.2, 0) is 16.6 Å². The van der Waals surface area contributed by atoms with E-state index < -0.39 is 0 Å². The van der Waals surface area contributed by atoms with Crippen LogP contribution in [0.2, 0.25) is 0 Å². The van der Waals surface area contributed by atoms with Crippen LogP contribution >= 0.6 is 0 Å². The van der Waals surface area contributed by atoms with Crippen molar-refractivity contribution < 1.29 is 14.3 Å². The number of ether oxygens (including phenoxy) is 1. The number of esters is 1. The van der Waals surface area contributed by atoms with Gasteiger partial charge in [0.1, 0.15) is 0 Å². The summed E-state index contributed by atoms with van der Waals surface area (Å²) in [4.78, 5) is 26.9. The second-order valence-electron chi connectivity index (χ2n) is 6.33. The number of carbonyl (C=O) groups excluding carboxylic acids is 2. The molecule has 2 heterocycles. The number of carbonyl (C=O) groups is 2. The van der Waals surface area contributed by atoms with Crippen LogP contribution in [0.1, 0.15) is 43.0 Å². The number of nitrogens with zero attached hydrogens (tertiary/aromatic N) is 2. The Bertz CT molecular complexity index is 750. The molecule has 1 fully saturated rings. The minimum absolute atomic E-state index is 0.0146. The molecule has 2 aromatic rings. The molecular weight excluding hydrogens is 304 g/mol. The average Bonchev–Trinajstić information content (AvgIpc) is 2.92. The van der Waals surface area contributed by atoms with Gasteiger partial charge in [0.15, 0.2) is 0 Å². The Morgan fingerprint density at radius 1 is 1.25 bits per heavy atom. The molecule has 1 saturated heterocycles. The molecule has 1 atom stereocenters. The molecule has 0 spiro atoms. The number of piperidine rings is 1. The summed E-state index contributed by atoms with van der Waals surface area (Å²) >= 11 is 0. The van der Waals surface area contributed by atoms with E-state index >= 15 is 0 Å². The largest absolute Gasteiger partial charge is 0.466 e. The summed E-state index contributed by atoms with van der Waals surface area (Å²) in [5, 5.41) is 0.963. The Kier molecular flexibility index (Phi) is 4.88. The van der Waals surface area contributed by atoms with Gasteiger partial charge in [0.05, 0.1) is 18.6 Å². The molecular formula is C19H24N2O3. The summed E-state index contributed by atoms with van der Waals surface area (Å²) < 4.78 is 7.05. The lowest BCUT2D eigenvalue weighted by Crippen LogP contribution is -2.44. The first-order valence-electron chi connectivity index (χ1n) is 8.62. The molecule has 0 bridgehead atoms. The van der Waals surface area contributed by atoms with E-state index in [4.69, 9.17) is 4.74 Å². The SMILES string of the molecule is CCOC(=O)CC1CCCCN1C(=O)c1cn(C)c2ccccc12. The van der Waals surface area contributed by atoms with Crippen molar-refractivity contribution in [2.45, 2.75) is 38.6 Å². The molecule has 0 radical (unpaired) electrons. The van der Waals surface area contributed by atoms with Gasteiger partial charge in [-0.3, -0.25) is 9.59 Å². The molecule has 3 rings (SSSR count). The number of likely N-dealkylation sites (tertiary alicyclic amines) is 1. The highest BCUT2D eigenvalue weighted by molar-refractivity contribution is 6.07. The van der Waals surface area contributed by atoms with E-state index in [-0.39, 0.29) is 24.3 Å². The van der Waals surface area contributed by atoms with Crippen LogP contribution in [0.25, 0.3) is 10.9 Å². The molecule has 5 nitrogen and oxygen atoms in total. The third-order valence-electron chi connectivity index (χ3n) is 4.72. The Morgan fingerprint density at radius 2 is 2.04 bits per heavy atom. The normalized spacial score (nSPS) is 17.9. The highest BCUT2D eigenvalue weighted by Gasteiger charge is 2.30. The Hall–Kier alpha value is -2.30. The fraction of sp³-hybridized carbons (Fsp3) is 0.474. The third-order valence-corrected chi connectivity index (χ3v) is 4.72. The van der Waals surface area contributed by atoms with Crippen LogP contribution in [0.3, 0.4) is 0 Å². The predicted octanol–water partition coefficient (Wildman–Crippen LogP) is 3.13. The summed E-state index contributed by atoms with van der Waals surface area (Å²) in [6.45, 7) is 2.88. The van der Waals surface area contributed by atoms with Crippen LogP contribution in [0.4, 0.5) is 0 Å². The van der Waals surface area contributed by atoms with Crippen molar-refractivity contribution in [3.05, 3.63) is 36.0 Å². The van der Waals surface area contributed by atoms with E-state index in [2.05, 4.69) is 0 Å². The highest BCUT2D eigenvalue weighted by Crippen LogP contribution is 2.26. The Morgan fingerprint density at radius 3 is 2.83 bits per heavy atom. The summed E-state index contributed by atoms with van der Waals surface area (Å²) in [6.07, 6.45) is 5.06. The molecule has 1 aromatic carbocycles. The number of fused-ring (bicyclic) bond motifs is 1. The fourth-order valence-electron chi connectivity index (χ4n) is 3.56. The van der Waals surface area contributed by atoms with E-state index in [0.29, 0.717) is 18.7 Å². The lowest BCUT2D eigenvalue weighted by Gasteiger charge is -2.35. The summed E-state index contributed by atoms with van der Waals surface area (Å²) in [7, 11) is 1.95. The molecule has 1 aromatic heterocycles. The van der Waals surface area contributed by atoms with E-state index in [9.17, 15) is 9.59 Å². The maximum absolute atomic E-state index is 13.1. The molecule has 1 unspecified atom stereocenters. The number of aromatic nitrogens is 1. The van der Waals surface area contributed by atoms with Gasteiger partial charge in [0.2, 0.25) is 0 Å². The number of hydrogen-bond acceptors (Lipinski definition) is 3. The van der Waals surface area contributed by atoms with Crippen molar-refractivity contribution >= 4 is 22.8 Å². The number of aryl methyl sites for hydroxylation is 1. The van der Waals surface area contributed by atoms with Gasteiger partial charge < -0.3 is 14.2 Å². The van der Waals surface area contributed by atoms with Gasteiger partial charge in [-0.15, -0.1) is 0 Å². The third kappa shape index (κ3) is 3.16. The zero-order chi connectivity index (χ0) is 17.1. The Labute approximate surface area is 142 Å². The molecule has 128 valence electrons. The van der Waals surface area contributed by atoms with Gasteiger partial charge in [-0.1, -0.05) is 18.2 Å². The van der Waals surface area contributed by atoms with Gasteiger partial charge in [0, 0.05) is 36.7 Å². The number of benzene rings is 1. The topological polar surface area (TPSA) is 51.5 Å². The van der Waals surface area contributed by atoms with Crippen molar-refractivity contribution in [2.75, 3.05) is 13.2 Å². The van der Waals surface area contributed by atoms with E-state index in [1.165, 1.54) is 0 Å². The molecule has 5 heteroatoms. The van der Waals surface area contributed by atoms with E-state index in [1.54, 1.807) is 6.92 Å². The molecule has 24 heavy (non-hydrogen) atoms. The maximum atomic E-state index is 13.1. The number of rotatable bonds is 4. The Balaban J connectivity index is 1.87. The van der Waals surface area contributed by atoms with Crippen LogP contribution in [0, 0.1) is 0 Å². The first-order valence-corrected chi connectivity index (χ1v) is 8.62. The van der Waals surface area contributed by atoms with Crippen molar-refractivity contribution in [3.63, 3.8) is 0 Å². The van der Waals surface area contributed by atoms with Crippen LogP contribution < -0.4 is 0 Å². The molecule has 0 N–H and O–H groups in total. The first-order chi connectivity index (χ1) is 11.6. The smallest absolute Gasteiger partial charge is 0.307 e. The predicted molar refractivity (Wildman–Crippen MR) is 92.8 cm³/mol. The summed E-state index contributed by atoms with van der Waals surface area (Å²) in [6, 6.07) is 7.85. The zero-order valence-electron chi connectivity index (χ0n) is 14.3. The van der Waals surface area contributed by atoms with Gasteiger partial charge in [0.25, 0.3) is 5.91 Å². The molecule has 0 aliphatic carbocycles. The minimum atomic E-state index is -0.222. The van der Waals surface area contributed by atoms with Crippen molar-refractivity contribution in [1.29, 1.82) is 0 Å². The van der Waals surface area contributed by atoms with Crippen molar-refractivity contribution in [2.24, 2.45) is 7.05 Å². The molecule has 0 saturated carbocycles. The lowest BCUT2D eigenvalue weighted by molar-refractivity contribution is -0.144. The lowest BCUT2D eigenvalue weighted by atomic mass is 9.98. The maximum Gasteiger partial charge on any atom is 0.307 e. The monoisotopic (exact) mass is 328 g/mol. The van der Waals surface area contributed by atoms with Gasteiger partial charge >= 0.3 is 5.97 Å². The zero-order valence-corrected chi connectivity index (χ0v) is 14.3. The van der Waals surface area contributed by atoms with Crippen LogP contribution in [-0.4, -0.2) is 40.5 Å². The summed E-state index contributed by atoms with van der Waals surface area (Å²) in [5.74, 6) is -0.207. The summed E-state index contributed by atoms with van der Waals surface area (Å²) in [5.41, 5.74) is 1.75. The average molecular weight is 328 g/mol.